The Morgan fingerprint density at radius 1 is 1.17 bits per heavy atom. The van der Waals surface area contributed by atoms with E-state index in [0.717, 1.165) is 17.5 Å². The standard InChI is InChI=1S/C19H15Cl2NO2/c20-10-7-8-14(16(21)9-10)17-12-4-1-3-11(12)13-5-2-6-15(19(23)24)18(13)22-17/h1-3,5-9,11-12,17,22H,4H2,(H,23,24)/p-1/t11-,12+,17+/m0/s1. The SMILES string of the molecule is O=C([O-])c1cccc2c1N[C@@H](c1ccc(Cl)cc1Cl)[C@@H]1CC=C[C@H]21. The number of carboxylic acid groups (broad SMARTS) is 1. The van der Waals surface area contributed by atoms with Crippen LogP contribution in [0.3, 0.4) is 0 Å². The normalized spacial score (nSPS) is 24.2. The zero-order chi connectivity index (χ0) is 16.8. The van der Waals surface area contributed by atoms with Gasteiger partial charge >= 0.3 is 0 Å². The number of carboxylic acids is 1. The van der Waals surface area contributed by atoms with Gasteiger partial charge in [-0.25, -0.2) is 0 Å². The molecule has 0 saturated carbocycles. The van der Waals surface area contributed by atoms with E-state index in [1.807, 2.05) is 18.2 Å². The summed E-state index contributed by atoms with van der Waals surface area (Å²) in [6.07, 6.45) is 5.21. The number of fused-ring (bicyclic) bond motifs is 3. The minimum atomic E-state index is -1.18. The number of nitrogens with one attached hydrogen (secondary N) is 1. The van der Waals surface area contributed by atoms with Crippen LogP contribution in [0.25, 0.3) is 0 Å². The lowest BCUT2D eigenvalue weighted by Gasteiger charge is -2.39. The lowest BCUT2D eigenvalue weighted by Crippen LogP contribution is -2.32. The topological polar surface area (TPSA) is 52.2 Å². The minimum absolute atomic E-state index is 0.0808. The molecular weight excluding hydrogens is 345 g/mol. The van der Waals surface area contributed by atoms with Crippen molar-refractivity contribution in [1.29, 1.82) is 0 Å². The second-order valence-corrected chi connectivity index (χ2v) is 7.04. The number of carbonyl (C=O) groups excluding carboxylic acids is 1. The Balaban J connectivity index is 1.86. The van der Waals surface area contributed by atoms with Gasteiger partial charge in [0.2, 0.25) is 0 Å². The third kappa shape index (κ3) is 2.40. The maximum atomic E-state index is 11.5. The first-order valence-electron chi connectivity index (χ1n) is 7.78. The van der Waals surface area contributed by atoms with Crippen LogP contribution in [-0.4, -0.2) is 5.97 Å². The van der Waals surface area contributed by atoms with E-state index in [2.05, 4.69) is 17.5 Å². The van der Waals surface area contributed by atoms with Crippen molar-refractivity contribution in [1.82, 2.24) is 0 Å². The van der Waals surface area contributed by atoms with Crippen molar-refractivity contribution in [3.63, 3.8) is 0 Å². The second kappa shape index (κ2) is 5.83. The average Bonchev–Trinajstić information content (AvgIpc) is 3.03. The highest BCUT2D eigenvalue weighted by atomic mass is 35.5. The maximum absolute atomic E-state index is 11.5. The van der Waals surface area contributed by atoms with Crippen molar-refractivity contribution in [3.05, 3.63) is 75.3 Å². The van der Waals surface area contributed by atoms with Crippen LogP contribution in [0.15, 0.2) is 48.6 Å². The Morgan fingerprint density at radius 3 is 2.75 bits per heavy atom. The number of aromatic carboxylic acids is 1. The highest BCUT2D eigenvalue weighted by Crippen LogP contribution is 2.51. The Hall–Kier alpha value is -1.97. The van der Waals surface area contributed by atoms with Gasteiger partial charge in [0.1, 0.15) is 0 Å². The van der Waals surface area contributed by atoms with E-state index in [4.69, 9.17) is 23.2 Å². The van der Waals surface area contributed by atoms with Crippen LogP contribution in [0.5, 0.6) is 0 Å². The van der Waals surface area contributed by atoms with Crippen molar-refractivity contribution in [3.8, 4) is 0 Å². The summed E-state index contributed by atoms with van der Waals surface area (Å²) in [5.74, 6) is -0.730. The van der Waals surface area contributed by atoms with Gasteiger partial charge in [0.05, 0.1) is 12.0 Å². The van der Waals surface area contributed by atoms with E-state index in [9.17, 15) is 9.90 Å². The predicted molar refractivity (Wildman–Crippen MR) is 93.6 cm³/mol. The Kier molecular flexibility index (Phi) is 3.78. The molecule has 0 fully saturated rings. The maximum Gasteiger partial charge on any atom is 0.0736 e. The molecule has 4 rings (SSSR count). The van der Waals surface area contributed by atoms with Gasteiger partial charge in [-0.05, 0) is 35.6 Å². The number of para-hydroxylation sites is 1. The largest absolute Gasteiger partial charge is 0.545 e. The number of anilines is 1. The lowest BCUT2D eigenvalue weighted by atomic mass is 9.76. The van der Waals surface area contributed by atoms with Gasteiger partial charge in [-0.1, -0.05) is 59.6 Å². The number of hydrogen-bond acceptors (Lipinski definition) is 3. The molecular formula is C19H14Cl2NO2-. The summed E-state index contributed by atoms with van der Waals surface area (Å²) in [5, 5.41) is 16.1. The minimum Gasteiger partial charge on any atom is -0.545 e. The number of halogens is 2. The predicted octanol–water partition coefficient (Wildman–Crippen LogP) is 4.18. The molecule has 2 aromatic carbocycles. The molecule has 5 heteroatoms. The summed E-state index contributed by atoms with van der Waals surface area (Å²) in [7, 11) is 0. The molecule has 0 saturated heterocycles. The molecule has 3 atom stereocenters. The van der Waals surface area contributed by atoms with Gasteiger partial charge in [-0.2, -0.15) is 0 Å². The van der Waals surface area contributed by atoms with Gasteiger partial charge < -0.3 is 15.2 Å². The van der Waals surface area contributed by atoms with Crippen molar-refractivity contribution >= 4 is 34.9 Å². The molecule has 0 aromatic heterocycles. The van der Waals surface area contributed by atoms with Crippen LogP contribution in [-0.2, 0) is 0 Å². The molecule has 1 aliphatic heterocycles. The third-order valence-electron chi connectivity index (χ3n) is 4.91. The Bertz CT molecular complexity index is 862. The number of rotatable bonds is 2. The smallest absolute Gasteiger partial charge is 0.0736 e. The van der Waals surface area contributed by atoms with E-state index in [1.54, 1.807) is 18.2 Å². The van der Waals surface area contributed by atoms with E-state index in [0.29, 0.717) is 15.7 Å². The zero-order valence-corrected chi connectivity index (χ0v) is 14.1. The van der Waals surface area contributed by atoms with Gasteiger partial charge in [0.25, 0.3) is 0 Å². The van der Waals surface area contributed by atoms with Crippen LogP contribution in [0.1, 0.15) is 39.9 Å². The van der Waals surface area contributed by atoms with Crippen LogP contribution in [0, 0.1) is 5.92 Å². The molecule has 2 aliphatic rings. The summed E-state index contributed by atoms with van der Waals surface area (Å²) in [6.45, 7) is 0. The fourth-order valence-electron chi connectivity index (χ4n) is 3.85. The van der Waals surface area contributed by atoms with E-state index >= 15 is 0 Å². The van der Waals surface area contributed by atoms with E-state index < -0.39 is 5.97 Å². The van der Waals surface area contributed by atoms with Gasteiger partial charge in [0, 0.05) is 27.2 Å². The average molecular weight is 359 g/mol. The molecule has 122 valence electrons. The summed E-state index contributed by atoms with van der Waals surface area (Å²) in [4.78, 5) is 11.5. The highest BCUT2D eigenvalue weighted by molar-refractivity contribution is 6.35. The third-order valence-corrected chi connectivity index (χ3v) is 5.48. The van der Waals surface area contributed by atoms with Crippen molar-refractivity contribution in [2.75, 3.05) is 5.32 Å². The molecule has 24 heavy (non-hydrogen) atoms. The molecule has 0 radical (unpaired) electrons. The Labute approximate surface area is 149 Å². The fourth-order valence-corrected chi connectivity index (χ4v) is 4.38. The fraction of sp³-hybridized carbons (Fsp3) is 0.211. The summed E-state index contributed by atoms with van der Waals surface area (Å²) in [5.41, 5.74) is 2.73. The van der Waals surface area contributed by atoms with Crippen LogP contribution in [0.2, 0.25) is 10.0 Å². The van der Waals surface area contributed by atoms with Gasteiger partial charge in [-0.3, -0.25) is 0 Å². The van der Waals surface area contributed by atoms with Gasteiger partial charge in [0.15, 0.2) is 0 Å². The summed E-state index contributed by atoms with van der Waals surface area (Å²) < 4.78 is 0. The van der Waals surface area contributed by atoms with Crippen molar-refractivity contribution < 1.29 is 9.90 Å². The molecule has 0 amide bonds. The zero-order valence-electron chi connectivity index (χ0n) is 12.6. The molecule has 2 aromatic rings. The van der Waals surface area contributed by atoms with Crippen LogP contribution < -0.4 is 10.4 Å². The Morgan fingerprint density at radius 2 is 2.00 bits per heavy atom. The first kappa shape index (κ1) is 15.6. The van der Waals surface area contributed by atoms with Gasteiger partial charge in [-0.15, -0.1) is 0 Å². The van der Waals surface area contributed by atoms with Crippen molar-refractivity contribution in [2.45, 2.75) is 18.4 Å². The highest BCUT2D eigenvalue weighted by Gasteiger charge is 2.39. The second-order valence-electron chi connectivity index (χ2n) is 6.20. The quantitative estimate of drug-likeness (QED) is 0.819. The van der Waals surface area contributed by atoms with Crippen LogP contribution >= 0.6 is 23.2 Å². The van der Waals surface area contributed by atoms with E-state index in [1.165, 1.54) is 0 Å². The monoisotopic (exact) mass is 358 g/mol. The molecule has 3 nitrogen and oxygen atoms in total. The lowest BCUT2D eigenvalue weighted by molar-refractivity contribution is -0.254. The van der Waals surface area contributed by atoms with Crippen molar-refractivity contribution in [2.24, 2.45) is 5.92 Å². The number of allylic oxidation sites excluding steroid dienone is 2. The molecule has 1 aliphatic carbocycles. The molecule has 1 heterocycles. The van der Waals surface area contributed by atoms with Crippen LogP contribution in [0.4, 0.5) is 5.69 Å². The summed E-state index contributed by atoms with van der Waals surface area (Å²) in [6, 6.07) is 10.7. The first-order chi connectivity index (χ1) is 11.6. The molecule has 0 spiro atoms. The number of carbonyl (C=O) groups is 1. The molecule has 0 unspecified atom stereocenters. The molecule has 0 bridgehead atoms. The van der Waals surface area contributed by atoms with E-state index in [-0.39, 0.29) is 23.4 Å². The number of hydrogen-bond donors (Lipinski definition) is 1. The molecule has 1 N–H and O–H groups in total. The summed E-state index contributed by atoms with van der Waals surface area (Å²) >= 11 is 12.4. The number of benzene rings is 2. The first-order valence-corrected chi connectivity index (χ1v) is 8.54.